The van der Waals surface area contributed by atoms with Gasteiger partial charge in [0.1, 0.15) is 11.5 Å². The van der Waals surface area contributed by atoms with Crippen LogP contribution in [0.1, 0.15) is 18.4 Å². The van der Waals surface area contributed by atoms with Crippen LogP contribution in [0.3, 0.4) is 0 Å². The summed E-state index contributed by atoms with van der Waals surface area (Å²) in [5.41, 5.74) is 1.87. The van der Waals surface area contributed by atoms with Crippen LogP contribution in [0.2, 0.25) is 0 Å². The molecule has 0 aliphatic heterocycles. The Balaban J connectivity index is 1.69. The molecule has 28 heavy (non-hydrogen) atoms. The molecule has 2 aromatic rings. The van der Waals surface area contributed by atoms with E-state index in [1.165, 1.54) is 32.3 Å². The largest absolute Gasteiger partial charge is 0.504 e. The highest BCUT2D eigenvalue weighted by molar-refractivity contribution is 8.13. The van der Waals surface area contributed by atoms with Crippen LogP contribution in [0.15, 0.2) is 65.9 Å². The molecule has 0 radical (unpaired) electrons. The van der Waals surface area contributed by atoms with Gasteiger partial charge in [-0.1, -0.05) is 18.2 Å². The topological polar surface area (TPSA) is 57.1 Å². The molecule has 0 saturated heterocycles. The Labute approximate surface area is 169 Å². The standard InChI is InChI=1S/C22H23NO4S/c1-25-14-13-21(24)27-20-6-4-3-5-17(20)15-28-22(16-7-8-16)23-18-9-11-19(26-2)12-10-18/h3-6,9-14,16H,7-8,15H2,1-2H3. The highest BCUT2D eigenvalue weighted by Crippen LogP contribution is 2.38. The molecule has 6 heteroatoms. The maximum Gasteiger partial charge on any atom is 0.339 e. The number of rotatable bonds is 8. The molecule has 5 nitrogen and oxygen atoms in total. The molecule has 0 spiro atoms. The van der Waals surface area contributed by atoms with Gasteiger partial charge in [-0.2, -0.15) is 0 Å². The third-order valence-corrected chi connectivity index (χ3v) is 5.31. The second kappa shape index (κ2) is 9.99. The summed E-state index contributed by atoms with van der Waals surface area (Å²) < 4.78 is 15.4. The van der Waals surface area contributed by atoms with E-state index < -0.39 is 5.97 Å². The van der Waals surface area contributed by atoms with Gasteiger partial charge in [0.2, 0.25) is 0 Å². The summed E-state index contributed by atoms with van der Waals surface area (Å²) in [4.78, 5) is 16.7. The summed E-state index contributed by atoms with van der Waals surface area (Å²) in [6.07, 6.45) is 4.89. The first kappa shape index (κ1) is 20.0. The van der Waals surface area contributed by atoms with Gasteiger partial charge in [-0.15, -0.1) is 11.8 Å². The minimum absolute atomic E-state index is 0.464. The van der Waals surface area contributed by atoms with Gasteiger partial charge < -0.3 is 14.2 Å². The van der Waals surface area contributed by atoms with Gasteiger partial charge in [0.15, 0.2) is 0 Å². The first-order chi connectivity index (χ1) is 13.7. The van der Waals surface area contributed by atoms with Crippen molar-refractivity contribution in [1.82, 2.24) is 0 Å². The minimum Gasteiger partial charge on any atom is -0.504 e. The van der Waals surface area contributed by atoms with Crippen LogP contribution in [-0.4, -0.2) is 25.2 Å². The van der Waals surface area contributed by atoms with Gasteiger partial charge >= 0.3 is 5.97 Å². The van der Waals surface area contributed by atoms with Crippen LogP contribution in [0.5, 0.6) is 11.5 Å². The van der Waals surface area contributed by atoms with Crippen molar-refractivity contribution in [3.05, 3.63) is 66.4 Å². The Bertz CT molecular complexity index is 857. The number of aliphatic imine (C=N–C) groups is 1. The molecule has 1 aliphatic carbocycles. The van der Waals surface area contributed by atoms with Crippen LogP contribution in [-0.2, 0) is 15.3 Å². The highest BCUT2D eigenvalue weighted by Gasteiger charge is 2.28. The number of para-hydroxylation sites is 1. The van der Waals surface area contributed by atoms with Crippen LogP contribution < -0.4 is 9.47 Å². The second-order valence-corrected chi connectivity index (χ2v) is 7.27. The first-order valence-electron chi connectivity index (χ1n) is 9.04. The van der Waals surface area contributed by atoms with E-state index in [4.69, 9.17) is 19.2 Å². The van der Waals surface area contributed by atoms with Gasteiger partial charge in [0, 0.05) is 17.2 Å². The Morgan fingerprint density at radius 1 is 1.14 bits per heavy atom. The lowest BCUT2D eigenvalue weighted by Crippen LogP contribution is -2.06. The van der Waals surface area contributed by atoms with E-state index in [2.05, 4.69) is 0 Å². The summed E-state index contributed by atoms with van der Waals surface area (Å²) in [6, 6.07) is 15.3. The van der Waals surface area contributed by atoms with Gasteiger partial charge in [0.25, 0.3) is 0 Å². The SMILES string of the molecule is COC=CC(=O)Oc1ccccc1CSC(=Nc1ccc(OC)cc1)C1CC1. The Morgan fingerprint density at radius 3 is 2.57 bits per heavy atom. The molecular formula is C22H23NO4S. The average Bonchev–Trinajstić information content (AvgIpc) is 3.56. The number of ether oxygens (including phenoxy) is 3. The third kappa shape index (κ3) is 5.89. The highest BCUT2D eigenvalue weighted by atomic mass is 32.2. The minimum atomic E-state index is -0.464. The number of benzene rings is 2. The van der Waals surface area contributed by atoms with E-state index in [1.54, 1.807) is 24.9 Å². The number of nitrogens with zero attached hydrogens (tertiary/aromatic N) is 1. The molecule has 0 amide bonds. The lowest BCUT2D eigenvalue weighted by Gasteiger charge is -2.10. The van der Waals surface area contributed by atoms with Crippen molar-refractivity contribution in [2.24, 2.45) is 10.9 Å². The molecule has 3 rings (SSSR count). The number of carbonyl (C=O) groups is 1. The number of thioether (sulfide) groups is 1. The van der Waals surface area contributed by atoms with Crippen LogP contribution in [0.25, 0.3) is 0 Å². The first-order valence-corrected chi connectivity index (χ1v) is 10.0. The summed E-state index contributed by atoms with van der Waals surface area (Å²) in [6.45, 7) is 0. The molecule has 0 atom stereocenters. The third-order valence-electron chi connectivity index (χ3n) is 4.14. The van der Waals surface area contributed by atoms with Crippen molar-refractivity contribution in [1.29, 1.82) is 0 Å². The molecule has 2 aromatic carbocycles. The summed E-state index contributed by atoms with van der Waals surface area (Å²) in [5, 5.41) is 1.12. The molecule has 1 saturated carbocycles. The zero-order chi connectivity index (χ0) is 19.8. The molecule has 0 aromatic heterocycles. The predicted molar refractivity (Wildman–Crippen MR) is 112 cm³/mol. The lowest BCUT2D eigenvalue weighted by molar-refractivity contribution is -0.129. The molecule has 146 valence electrons. The Kier molecular flexibility index (Phi) is 7.14. The van der Waals surface area contributed by atoms with E-state index >= 15 is 0 Å². The van der Waals surface area contributed by atoms with Crippen molar-refractivity contribution < 1.29 is 19.0 Å². The maximum atomic E-state index is 11.8. The zero-order valence-electron chi connectivity index (χ0n) is 16.0. The van der Waals surface area contributed by atoms with Gasteiger partial charge in [-0.3, -0.25) is 0 Å². The summed E-state index contributed by atoms with van der Waals surface area (Å²) in [7, 11) is 3.13. The monoisotopic (exact) mass is 397 g/mol. The van der Waals surface area contributed by atoms with Crippen molar-refractivity contribution >= 4 is 28.5 Å². The van der Waals surface area contributed by atoms with E-state index in [9.17, 15) is 4.79 Å². The molecule has 0 unspecified atom stereocenters. The normalized spacial score (nSPS) is 14.1. The Morgan fingerprint density at radius 2 is 1.89 bits per heavy atom. The zero-order valence-corrected chi connectivity index (χ0v) is 16.8. The van der Waals surface area contributed by atoms with Crippen molar-refractivity contribution in [3.63, 3.8) is 0 Å². The molecule has 0 heterocycles. The van der Waals surface area contributed by atoms with Crippen LogP contribution >= 0.6 is 11.8 Å². The molecular weight excluding hydrogens is 374 g/mol. The fourth-order valence-corrected chi connectivity index (χ4v) is 3.68. The smallest absolute Gasteiger partial charge is 0.339 e. The fourth-order valence-electron chi connectivity index (χ4n) is 2.50. The molecule has 0 N–H and O–H groups in total. The van der Waals surface area contributed by atoms with E-state index in [0.717, 1.165) is 22.0 Å². The second-order valence-electron chi connectivity index (χ2n) is 6.28. The van der Waals surface area contributed by atoms with Gasteiger partial charge in [-0.25, -0.2) is 9.79 Å². The lowest BCUT2D eigenvalue weighted by atomic mass is 10.2. The summed E-state index contributed by atoms with van der Waals surface area (Å²) >= 11 is 1.69. The van der Waals surface area contributed by atoms with E-state index in [1.807, 2.05) is 42.5 Å². The van der Waals surface area contributed by atoms with Crippen LogP contribution in [0, 0.1) is 5.92 Å². The van der Waals surface area contributed by atoms with E-state index in [0.29, 0.717) is 17.4 Å². The van der Waals surface area contributed by atoms with Gasteiger partial charge in [-0.05, 0) is 43.2 Å². The quantitative estimate of drug-likeness (QED) is 0.154. The summed E-state index contributed by atoms with van der Waals surface area (Å²) in [5.74, 6) is 2.11. The number of esters is 1. The molecule has 0 bridgehead atoms. The van der Waals surface area contributed by atoms with Crippen molar-refractivity contribution in [2.45, 2.75) is 18.6 Å². The fraction of sp³-hybridized carbons (Fsp3) is 0.273. The molecule has 1 fully saturated rings. The average molecular weight is 397 g/mol. The number of carbonyl (C=O) groups excluding carboxylic acids is 1. The Hall–Kier alpha value is -2.73. The maximum absolute atomic E-state index is 11.8. The van der Waals surface area contributed by atoms with Crippen molar-refractivity contribution in [3.8, 4) is 11.5 Å². The molecule has 1 aliphatic rings. The predicted octanol–water partition coefficient (Wildman–Crippen LogP) is 5.13. The van der Waals surface area contributed by atoms with Crippen LogP contribution in [0.4, 0.5) is 5.69 Å². The van der Waals surface area contributed by atoms with E-state index in [-0.39, 0.29) is 0 Å². The number of hydrogen-bond donors (Lipinski definition) is 0. The van der Waals surface area contributed by atoms with Gasteiger partial charge in [0.05, 0.1) is 37.3 Å². The number of hydrogen-bond acceptors (Lipinski definition) is 6. The number of methoxy groups -OCH3 is 2. The van der Waals surface area contributed by atoms with Crippen molar-refractivity contribution in [2.75, 3.05) is 14.2 Å².